The summed E-state index contributed by atoms with van der Waals surface area (Å²) in [5, 5.41) is 6.21. The molecule has 0 unspecified atom stereocenters. The summed E-state index contributed by atoms with van der Waals surface area (Å²) in [4.78, 5) is 3.30. The zero-order valence-electron chi connectivity index (χ0n) is 10.4. The number of hydrogen-bond acceptors (Lipinski definition) is 1. The lowest BCUT2D eigenvalue weighted by molar-refractivity contribution is 1.09. The molecule has 0 saturated heterocycles. The number of H-pyrrole nitrogens is 1. The maximum atomic E-state index is 6.36. The molecule has 0 bridgehead atoms. The number of fused-ring (bicyclic) bond motifs is 1. The van der Waals surface area contributed by atoms with Gasteiger partial charge in [-0.1, -0.05) is 53.0 Å². The van der Waals surface area contributed by atoms with Crippen LogP contribution < -0.4 is 5.32 Å². The van der Waals surface area contributed by atoms with Gasteiger partial charge in [-0.15, -0.1) is 0 Å². The molecular weight excluding hydrogens is 315 g/mol. The maximum absolute atomic E-state index is 6.36. The molecule has 1 aromatic heterocycles. The van der Waals surface area contributed by atoms with Crippen LogP contribution in [0.1, 0.15) is 5.69 Å². The van der Waals surface area contributed by atoms with E-state index in [-0.39, 0.29) is 0 Å². The number of halogens is 3. The van der Waals surface area contributed by atoms with Gasteiger partial charge in [-0.3, -0.25) is 0 Å². The van der Waals surface area contributed by atoms with Gasteiger partial charge in [-0.25, -0.2) is 0 Å². The summed E-state index contributed by atoms with van der Waals surface area (Å²) < 4.78 is 0. The molecule has 0 spiro atoms. The lowest BCUT2D eigenvalue weighted by Gasteiger charge is -2.08. The predicted molar refractivity (Wildman–Crippen MR) is 87.1 cm³/mol. The van der Waals surface area contributed by atoms with E-state index in [1.165, 1.54) is 0 Å². The van der Waals surface area contributed by atoms with Crippen LogP contribution in [0.15, 0.2) is 42.5 Å². The van der Waals surface area contributed by atoms with Crippen molar-refractivity contribution in [1.29, 1.82) is 0 Å². The molecule has 0 aliphatic heterocycles. The van der Waals surface area contributed by atoms with Crippen LogP contribution in [0.2, 0.25) is 15.1 Å². The van der Waals surface area contributed by atoms with Crippen molar-refractivity contribution in [3.05, 3.63) is 63.2 Å². The minimum Gasteiger partial charge on any atom is -0.378 e. The summed E-state index contributed by atoms with van der Waals surface area (Å²) >= 11 is 18.4. The SMILES string of the molecule is Clc1ccc(NCc2[nH]c3ccccc3c2Cl)c(Cl)c1. The number of aromatic amines is 1. The van der Waals surface area contributed by atoms with Gasteiger partial charge in [-0.05, 0) is 24.3 Å². The summed E-state index contributed by atoms with van der Waals surface area (Å²) in [6.07, 6.45) is 0. The highest BCUT2D eigenvalue weighted by molar-refractivity contribution is 6.37. The maximum Gasteiger partial charge on any atom is 0.0710 e. The van der Waals surface area contributed by atoms with Gasteiger partial charge < -0.3 is 10.3 Å². The Morgan fingerprint density at radius 2 is 1.80 bits per heavy atom. The summed E-state index contributed by atoms with van der Waals surface area (Å²) in [5.74, 6) is 0. The molecule has 3 aromatic rings. The van der Waals surface area contributed by atoms with Crippen LogP contribution in [0, 0.1) is 0 Å². The Labute approximate surface area is 131 Å². The molecule has 0 radical (unpaired) electrons. The molecular formula is C15H11Cl3N2. The minimum atomic E-state index is 0.564. The molecule has 102 valence electrons. The average molecular weight is 326 g/mol. The van der Waals surface area contributed by atoms with Crippen LogP contribution in [-0.4, -0.2) is 4.98 Å². The van der Waals surface area contributed by atoms with Crippen LogP contribution >= 0.6 is 34.8 Å². The van der Waals surface area contributed by atoms with Crippen LogP contribution in [0.5, 0.6) is 0 Å². The monoisotopic (exact) mass is 324 g/mol. The predicted octanol–water partition coefficient (Wildman–Crippen LogP) is 5.74. The average Bonchev–Trinajstić information content (AvgIpc) is 2.75. The van der Waals surface area contributed by atoms with Gasteiger partial charge >= 0.3 is 0 Å². The summed E-state index contributed by atoms with van der Waals surface area (Å²) in [6.45, 7) is 0.564. The van der Waals surface area contributed by atoms with Crippen molar-refractivity contribution in [2.75, 3.05) is 5.32 Å². The smallest absolute Gasteiger partial charge is 0.0710 e. The normalized spacial score (nSPS) is 10.9. The molecule has 2 nitrogen and oxygen atoms in total. The van der Waals surface area contributed by atoms with E-state index in [4.69, 9.17) is 34.8 Å². The second-order valence-electron chi connectivity index (χ2n) is 4.44. The Kier molecular flexibility index (Phi) is 3.79. The molecule has 3 rings (SSSR count). The Balaban J connectivity index is 1.85. The quantitative estimate of drug-likeness (QED) is 0.631. The van der Waals surface area contributed by atoms with Crippen molar-refractivity contribution < 1.29 is 0 Å². The number of rotatable bonds is 3. The highest BCUT2D eigenvalue weighted by Gasteiger charge is 2.09. The number of hydrogen-bond donors (Lipinski definition) is 2. The van der Waals surface area contributed by atoms with Crippen molar-refractivity contribution in [2.45, 2.75) is 6.54 Å². The molecule has 0 atom stereocenters. The van der Waals surface area contributed by atoms with Crippen LogP contribution in [0.25, 0.3) is 10.9 Å². The Hall–Kier alpha value is -1.35. The number of para-hydroxylation sites is 1. The number of anilines is 1. The lowest BCUT2D eigenvalue weighted by atomic mass is 10.2. The van der Waals surface area contributed by atoms with Crippen LogP contribution in [-0.2, 0) is 6.54 Å². The first-order chi connectivity index (χ1) is 9.65. The molecule has 0 aliphatic rings. The second kappa shape index (κ2) is 5.57. The molecule has 2 aromatic carbocycles. The van der Waals surface area contributed by atoms with Gasteiger partial charge in [0.25, 0.3) is 0 Å². The number of aromatic nitrogens is 1. The summed E-state index contributed by atoms with van der Waals surface area (Å²) in [5.41, 5.74) is 2.78. The van der Waals surface area contributed by atoms with Gasteiger partial charge in [0, 0.05) is 15.9 Å². The number of benzene rings is 2. The van der Waals surface area contributed by atoms with E-state index >= 15 is 0 Å². The van der Waals surface area contributed by atoms with Gasteiger partial charge in [0.1, 0.15) is 0 Å². The summed E-state index contributed by atoms with van der Waals surface area (Å²) in [6, 6.07) is 13.3. The van der Waals surface area contributed by atoms with Crippen molar-refractivity contribution in [1.82, 2.24) is 4.98 Å². The zero-order chi connectivity index (χ0) is 14.1. The zero-order valence-corrected chi connectivity index (χ0v) is 12.7. The van der Waals surface area contributed by atoms with Gasteiger partial charge in [0.15, 0.2) is 0 Å². The van der Waals surface area contributed by atoms with Crippen LogP contribution in [0.4, 0.5) is 5.69 Å². The molecule has 0 amide bonds. The molecule has 1 heterocycles. The third kappa shape index (κ3) is 2.59. The van der Waals surface area contributed by atoms with Crippen molar-refractivity contribution in [3.63, 3.8) is 0 Å². The minimum absolute atomic E-state index is 0.564. The molecule has 0 fully saturated rings. The van der Waals surface area contributed by atoms with E-state index in [0.717, 1.165) is 27.3 Å². The lowest BCUT2D eigenvalue weighted by Crippen LogP contribution is -2.00. The summed E-state index contributed by atoms with van der Waals surface area (Å²) in [7, 11) is 0. The fraction of sp³-hybridized carbons (Fsp3) is 0.0667. The van der Waals surface area contributed by atoms with Crippen LogP contribution in [0.3, 0.4) is 0 Å². The van der Waals surface area contributed by atoms with E-state index < -0.39 is 0 Å². The largest absolute Gasteiger partial charge is 0.378 e. The van der Waals surface area contributed by atoms with Crippen molar-refractivity contribution in [2.24, 2.45) is 0 Å². The van der Waals surface area contributed by atoms with Gasteiger partial charge in [0.05, 0.1) is 28.0 Å². The Morgan fingerprint density at radius 3 is 2.55 bits per heavy atom. The van der Waals surface area contributed by atoms with Gasteiger partial charge in [-0.2, -0.15) is 0 Å². The van der Waals surface area contributed by atoms with Crippen molar-refractivity contribution in [3.8, 4) is 0 Å². The highest BCUT2D eigenvalue weighted by Crippen LogP contribution is 2.29. The van der Waals surface area contributed by atoms with E-state index in [1.54, 1.807) is 12.1 Å². The standard InChI is InChI=1S/C15H11Cl3N2/c16-9-5-6-13(11(17)7-9)19-8-14-15(18)10-3-1-2-4-12(10)20-14/h1-7,19-20H,8H2. The number of nitrogens with one attached hydrogen (secondary N) is 2. The van der Waals surface area contributed by atoms with E-state index in [1.807, 2.05) is 30.3 Å². The third-order valence-corrected chi connectivity index (χ3v) is 4.08. The first-order valence-corrected chi connectivity index (χ1v) is 7.22. The fourth-order valence-electron chi connectivity index (χ4n) is 2.10. The first-order valence-electron chi connectivity index (χ1n) is 6.09. The molecule has 20 heavy (non-hydrogen) atoms. The highest BCUT2D eigenvalue weighted by atomic mass is 35.5. The third-order valence-electron chi connectivity index (χ3n) is 3.10. The Bertz CT molecular complexity index is 765. The Morgan fingerprint density at radius 1 is 1.00 bits per heavy atom. The fourth-order valence-corrected chi connectivity index (χ4v) is 2.86. The van der Waals surface area contributed by atoms with Crippen molar-refractivity contribution >= 4 is 51.4 Å². The van der Waals surface area contributed by atoms with E-state index in [0.29, 0.717) is 16.6 Å². The van der Waals surface area contributed by atoms with E-state index in [2.05, 4.69) is 10.3 Å². The molecule has 0 saturated carbocycles. The topological polar surface area (TPSA) is 27.8 Å². The molecule has 2 N–H and O–H groups in total. The van der Waals surface area contributed by atoms with Gasteiger partial charge in [0.2, 0.25) is 0 Å². The first kappa shape index (κ1) is 13.6. The molecule has 0 aliphatic carbocycles. The second-order valence-corrected chi connectivity index (χ2v) is 5.66. The van der Waals surface area contributed by atoms with E-state index in [9.17, 15) is 0 Å². The molecule has 5 heteroatoms.